The first-order chi connectivity index (χ1) is 15.0. The first kappa shape index (κ1) is 19.3. The van der Waals surface area contributed by atoms with Crippen LogP contribution in [-0.2, 0) is 6.54 Å². The van der Waals surface area contributed by atoms with Crippen LogP contribution in [0.25, 0.3) is 27.8 Å². The molecule has 0 atom stereocenters. The van der Waals surface area contributed by atoms with Crippen molar-refractivity contribution in [3.05, 3.63) is 87.4 Å². The number of methoxy groups -OCH3 is 1. The molecular weight excluding hydrogens is 414 g/mol. The van der Waals surface area contributed by atoms with Crippen molar-refractivity contribution in [3.8, 4) is 16.9 Å². The van der Waals surface area contributed by atoms with Crippen LogP contribution >= 0.6 is 11.6 Å². The molecule has 31 heavy (non-hydrogen) atoms. The van der Waals surface area contributed by atoms with Gasteiger partial charge >= 0.3 is 0 Å². The van der Waals surface area contributed by atoms with Crippen molar-refractivity contribution in [2.24, 2.45) is 0 Å². The fourth-order valence-electron chi connectivity index (χ4n) is 3.70. The highest BCUT2D eigenvalue weighted by molar-refractivity contribution is 6.30. The summed E-state index contributed by atoms with van der Waals surface area (Å²) >= 11 is 6.02. The van der Waals surface area contributed by atoms with Crippen molar-refractivity contribution >= 4 is 28.3 Å². The second-order valence-electron chi connectivity index (χ2n) is 7.23. The highest BCUT2D eigenvalue weighted by atomic mass is 35.5. The Balaban J connectivity index is 1.61. The minimum atomic E-state index is -0.219. The number of nitrogens with zero attached hydrogens (tertiary/aromatic N) is 5. The van der Waals surface area contributed by atoms with E-state index in [1.807, 2.05) is 61.5 Å². The molecule has 8 heteroatoms. The molecule has 0 spiro atoms. The van der Waals surface area contributed by atoms with E-state index < -0.39 is 0 Å². The normalized spacial score (nSPS) is 11.3. The minimum absolute atomic E-state index is 0.219. The zero-order chi connectivity index (χ0) is 21.5. The van der Waals surface area contributed by atoms with Crippen LogP contribution in [-0.4, -0.2) is 31.5 Å². The van der Waals surface area contributed by atoms with Crippen molar-refractivity contribution in [3.63, 3.8) is 0 Å². The van der Waals surface area contributed by atoms with Gasteiger partial charge in [0.05, 0.1) is 24.9 Å². The van der Waals surface area contributed by atoms with Gasteiger partial charge in [-0.3, -0.25) is 4.79 Å². The van der Waals surface area contributed by atoms with Crippen LogP contribution in [0, 0.1) is 6.92 Å². The first-order valence-corrected chi connectivity index (χ1v) is 10.1. The Morgan fingerprint density at radius 3 is 2.45 bits per heavy atom. The number of benzene rings is 2. The predicted octanol–water partition coefficient (Wildman–Crippen LogP) is 4.12. The van der Waals surface area contributed by atoms with Crippen LogP contribution in [0.1, 0.15) is 11.3 Å². The number of aryl methyl sites for hydroxylation is 1. The summed E-state index contributed by atoms with van der Waals surface area (Å²) in [7, 11) is 1.62. The zero-order valence-electron chi connectivity index (χ0n) is 16.9. The highest BCUT2D eigenvalue weighted by Gasteiger charge is 2.17. The molecular formula is C23H18ClN5O2. The molecule has 0 saturated carbocycles. The van der Waals surface area contributed by atoms with Crippen molar-refractivity contribution in [1.29, 1.82) is 0 Å². The van der Waals surface area contributed by atoms with Crippen molar-refractivity contribution in [1.82, 2.24) is 24.4 Å². The molecule has 3 heterocycles. The zero-order valence-corrected chi connectivity index (χ0v) is 17.7. The van der Waals surface area contributed by atoms with Gasteiger partial charge in [-0.15, -0.1) is 10.2 Å². The molecule has 0 aliphatic heterocycles. The largest absolute Gasteiger partial charge is 0.497 e. The van der Waals surface area contributed by atoms with Crippen LogP contribution in [0.5, 0.6) is 5.75 Å². The average Bonchev–Trinajstić information content (AvgIpc) is 3.13. The number of aromatic nitrogens is 5. The first-order valence-electron chi connectivity index (χ1n) is 9.69. The Morgan fingerprint density at radius 1 is 1.00 bits per heavy atom. The minimum Gasteiger partial charge on any atom is -0.497 e. The monoisotopic (exact) mass is 431 g/mol. The van der Waals surface area contributed by atoms with E-state index in [1.54, 1.807) is 22.4 Å². The molecule has 3 aromatic heterocycles. The molecule has 2 aromatic carbocycles. The standard InChI is InChI=1S/C23H18ClN5O2/c1-14-20(16-5-7-17(24)8-6-16)22-26-25-21-19(29(22)27-14)11-12-28(23(21)30)13-15-3-9-18(31-2)10-4-15/h3-12H,13H2,1-2H3. The number of rotatable bonds is 4. The third kappa shape index (κ3) is 3.33. The lowest BCUT2D eigenvalue weighted by Crippen LogP contribution is -2.22. The van der Waals surface area contributed by atoms with Gasteiger partial charge in [-0.05, 0) is 48.4 Å². The molecule has 0 amide bonds. The second kappa shape index (κ2) is 7.52. The van der Waals surface area contributed by atoms with Crippen molar-refractivity contribution < 1.29 is 4.74 Å². The number of hydrogen-bond donors (Lipinski definition) is 0. The molecule has 0 N–H and O–H groups in total. The van der Waals surface area contributed by atoms with Crippen molar-refractivity contribution in [2.75, 3.05) is 7.11 Å². The van der Waals surface area contributed by atoms with Gasteiger partial charge in [0.25, 0.3) is 5.56 Å². The van der Waals surface area contributed by atoms with E-state index in [0.29, 0.717) is 22.7 Å². The Labute approximate surface area is 182 Å². The van der Waals surface area contributed by atoms with Crippen LogP contribution in [0.3, 0.4) is 0 Å². The van der Waals surface area contributed by atoms with E-state index in [0.717, 1.165) is 28.1 Å². The summed E-state index contributed by atoms with van der Waals surface area (Å²) in [6, 6.07) is 16.9. The highest BCUT2D eigenvalue weighted by Crippen LogP contribution is 2.29. The average molecular weight is 432 g/mol. The Kier molecular flexibility index (Phi) is 4.67. The van der Waals surface area contributed by atoms with Gasteiger partial charge in [0.1, 0.15) is 11.3 Å². The van der Waals surface area contributed by atoms with Crippen LogP contribution in [0.2, 0.25) is 5.02 Å². The van der Waals surface area contributed by atoms with Gasteiger partial charge in [0.15, 0.2) is 11.2 Å². The van der Waals surface area contributed by atoms with E-state index >= 15 is 0 Å². The molecule has 0 aliphatic rings. The SMILES string of the molecule is COc1ccc(Cn2ccc3c(nnc4c(-c5ccc(Cl)cc5)c(C)nn43)c2=O)cc1. The van der Waals surface area contributed by atoms with Crippen LogP contribution in [0.4, 0.5) is 0 Å². The lowest BCUT2D eigenvalue weighted by molar-refractivity contribution is 0.414. The molecule has 0 unspecified atom stereocenters. The Morgan fingerprint density at radius 2 is 1.74 bits per heavy atom. The summed E-state index contributed by atoms with van der Waals surface area (Å²) in [6.45, 7) is 2.34. The number of hydrogen-bond acceptors (Lipinski definition) is 5. The fourth-order valence-corrected chi connectivity index (χ4v) is 3.82. The molecule has 0 radical (unpaired) electrons. The number of halogens is 1. The number of ether oxygens (including phenoxy) is 1. The summed E-state index contributed by atoms with van der Waals surface area (Å²) in [5.74, 6) is 0.772. The molecule has 5 rings (SSSR count). The third-order valence-corrected chi connectivity index (χ3v) is 5.52. The van der Waals surface area contributed by atoms with E-state index in [2.05, 4.69) is 15.3 Å². The van der Waals surface area contributed by atoms with Crippen molar-refractivity contribution in [2.45, 2.75) is 13.5 Å². The van der Waals surface area contributed by atoms with Gasteiger partial charge < -0.3 is 9.30 Å². The molecule has 0 aliphatic carbocycles. The number of pyridine rings is 1. The summed E-state index contributed by atoms with van der Waals surface area (Å²) in [5.41, 5.74) is 4.86. The smallest absolute Gasteiger partial charge is 0.280 e. The molecule has 0 saturated heterocycles. The van der Waals surface area contributed by atoms with Gasteiger partial charge in [0.2, 0.25) is 0 Å². The van der Waals surface area contributed by atoms with Crippen LogP contribution in [0.15, 0.2) is 65.6 Å². The Bertz CT molecular complexity index is 1470. The lowest BCUT2D eigenvalue weighted by atomic mass is 10.1. The summed E-state index contributed by atoms with van der Waals surface area (Å²) in [4.78, 5) is 13.1. The maximum absolute atomic E-state index is 13.1. The second-order valence-corrected chi connectivity index (χ2v) is 7.67. The van der Waals surface area contributed by atoms with Gasteiger partial charge in [-0.2, -0.15) is 5.10 Å². The quantitative estimate of drug-likeness (QED) is 0.428. The molecule has 154 valence electrons. The molecule has 7 nitrogen and oxygen atoms in total. The van der Waals surface area contributed by atoms with E-state index in [9.17, 15) is 4.79 Å². The lowest BCUT2D eigenvalue weighted by Gasteiger charge is -2.08. The van der Waals surface area contributed by atoms with E-state index in [4.69, 9.17) is 16.3 Å². The van der Waals surface area contributed by atoms with Gasteiger partial charge in [-0.25, -0.2) is 4.52 Å². The fraction of sp³-hybridized carbons (Fsp3) is 0.130. The third-order valence-electron chi connectivity index (χ3n) is 5.27. The maximum Gasteiger partial charge on any atom is 0.280 e. The molecule has 0 bridgehead atoms. The van der Waals surface area contributed by atoms with Crippen LogP contribution < -0.4 is 10.3 Å². The molecule has 0 fully saturated rings. The number of fused-ring (bicyclic) bond motifs is 3. The Hall–Kier alpha value is -3.71. The van der Waals surface area contributed by atoms with Gasteiger partial charge in [0, 0.05) is 11.2 Å². The predicted molar refractivity (Wildman–Crippen MR) is 120 cm³/mol. The molecule has 5 aromatic rings. The maximum atomic E-state index is 13.1. The van der Waals surface area contributed by atoms with E-state index in [-0.39, 0.29) is 11.1 Å². The summed E-state index contributed by atoms with van der Waals surface area (Å²) < 4.78 is 8.48. The topological polar surface area (TPSA) is 74.3 Å². The summed E-state index contributed by atoms with van der Waals surface area (Å²) in [6.07, 6.45) is 1.76. The summed E-state index contributed by atoms with van der Waals surface area (Å²) in [5, 5.41) is 13.9. The van der Waals surface area contributed by atoms with Gasteiger partial charge in [-0.1, -0.05) is 35.9 Å². The van der Waals surface area contributed by atoms with E-state index in [1.165, 1.54) is 0 Å².